The fourth-order valence-electron chi connectivity index (χ4n) is 1.92. The number of hydrogen-bond acceptors (Lipinski definition) is 5. The second kappa shape index (κ2) is 8.72. The molecule has 0 aromatic heterocycles. The zero-order chi connectivity index (χ0) is 16.6. The maximum atomic E-state index is 12.0. The number of rotatable bonds is 5. The summed E-state index contributed by atoms with van der Waals surface area (Å²) >= 11 is 0. The third-order valence-corrected chi connectivity index (χ3v) is 4.74. The summed E-state index contributed by atoms with van der Waals surface area (Å²) < 4.78 is 30.8. The van der Waals surface area contributed by atoms with E-state index in [0.717, 1.165) is 13.3 Å². The van der Waals surface area contributed by atoms with Gasteiger partial charge < -0.3 is 15.6 Å². The maximum absolute atomic E-state index is 12.0. The Morgan fingerprint density at radius 3 is 2.50 bits per heavy atom. The van der Waals surface area contributed by atoms with E-state index in [0.29, 0.717) is 18.8 Å². The van der Waals surface area contributed by atoms with Gasteiger partial charge in [-0.2, -0.15) is 0 Å². The minimum atomic E-state index is -3.23. The van der Waals surface area contributed by atoms with E-state index in [1.165, 1.54) is 4.31 Å². The van der Waals surface area contributed by atoms with Crippen LogP contribution in [-0.2, 0) is 14.8 Å². The Hall–Kier alpha value is -1.64. The molecule has 1 aromatic carbocycles. The summed E-state index contributed by atoms with van der Waals surface area (Å²) in [5.41, 5.74) is 5.70. The van der Waals surface area contributed by atoms with Gasteiger partial charge in [0.05, 0.1) is 5.75 Å². The molecule has 1 aromatic rings. The molecule has 1 saturated heterocycles. The van der Waals surface area contributed by atoms with Crippen LogP contribution < -0.4 is 10.5 Å². The highest BCUT2D eigenvalue weighted by atomic mass is 32.2. The summed E-state index contributed by atoms with van der Waals surface area (Å²) in [6, 6.07) is 9.16. The van der Waals surface area contributed by atoms with Crippen LogP contribution in [0.2, 0.25) is 0 Å². The number of sulfonamides is 1. The molecule has 22 heavy (non-hydrogen) atoms. The first-order valence-corrected chi connectivity index (χ1v) is 8.53. The molecule has 124 valence electrons. The van der Waals surface area contributed by atoms with E-state index in [2.05, 4.69) is 0 Å². The van der Waals surface area contributed by atoms with Gasteiger partial charge in [-0.1, -0.05) is 18.2 Å². The van der Waals surface area contributed by atoms with Crippen LogP contribution in [0, 0.1) is 0 Å². The minimum absolute atomic E-state index is 0.00534. The van der Waals surface area contributed by atoms with Gasteiger partial charge >= 0.3 is 0 Å². The monoisotopic (exact) mass is 330 g/mol. The molecule has 1 atom stereocenters. The molecule has 3 N–H and O–H groups in total. The molecule has 1 aliphatic heterocycles. The molecule has 2 rings (SSSR count). The molecule has 7 nitrogen and oxygen atoms in total. The Bertz CT molecular complexity index is 558. The lowest BCUT2D eigenvalue weighted by Crippen LogP contribution is -2.35. The number of para-hydroxylation sites is 1. The summed E-state index contributed by atoms with van der Waals surface area (Å²) in [7, 11) is -3.23. The predicted molar refractivity (Wildman–Crippen MR) is 83.2 cm³/mol. The van der Waals surface area contributed by atoms with Gasteiger partial charge in [0.1, 0.15) is 12.4 Å². The first kappa shape index (κ1) is 18.4. The summed E-state index contributed by atoms with van der Waals surface area (Å²) in [6.07, 6.45) is 0.735. The molecule has 0 bridgehead atoms. The number of nitrogens with two attached hydrogens (primary N) is 1. The van der Waals surface area contributed by atoms with Gasteiger partial charge in [0.15, 0.2) is 0 Å². The van der Waals surface area contributed by atoms with E-state index >= 15 is 0 Å². The van der Waals surface area contributed by atoms with Crippen LogP contribution >= 0.6 is 0 Å². The normalized spacial score (nSPS) is 18.4. The third-order valence-electron chi connectivity index (χ3n) is 2.93. The molecular weight excluding hydrogens is 308 g/mol. The molecule has 1 unspecified atom stereocenters. The van der Waals surface area contributed by atoms with E-state index in [-0.39, 0.29) is 18.4 Å². The maximum Gasteiger partial charge on any atom is 0.300 e. The molecule has 1 aliphatic rings. The van der Waals surface area contributed by atoms with Crippen LogP contribution in [0.5, 0.6) is 5.75 Å². The topological polar surface area (TPSA) is 110 Å². The summed E-state index contributed by atoms with van der Waals surface area (Å²) in [5.74, 6) is -0.153. The molecule has 0 saturated carbocycles. The molecule has 0 amide bonds. The van der Waals surface area contributed by atoms with E-state index in [1.807, 2.05) is 18.2 Å². The van der Waals surface area contributed by atoms with Gasteiger partial charge in [-0.3, -0.25) is 4.79 Å². The Labute approximate surface area is 130 Å². The largest absolute Gasteiger partial charge is 0.492 e. The smallest absolute Gasteiger partial charge is 0.300 e. The highest BCUT2D eigenvalue weighted by molar-refractivity contribution is 7.89. The lowest BCUT2D eigenvalue weighted by molar-refractivity contribution is -0.134. The molecule has 0 radical (unpaired) electrons. The third kappa shape index (κ3) is 6.88. The highest BCUT2D eigenvalue weighted by Gasteiger charge is 2.29. The highest BCUT2D eigenvalue weighted by Crippen LogP contribution is 2.13. The van der Waals surface area contributed by atoms with Gasteiger partial charge in [0.25, 0.3) is 5.97 Å². The number of carboxylic acids is 1. The standard InChI is InChI=1S/C12H18N2O3S.C2H4O2/c13-11-6-7-14(10-11)18(15,16)9-8-17-12-4-2-1-3-5-12;1-2(3)4/h1-5,11H,6-10,13H2;1H3,(H,3,4). The number of nitrogens with zero attached hydrogens (tertiary/aromatic N) is 1. The summed E-state index contributed by atoms with van der Waals surface area (Å²) in [5, 5.41) is 7.42. The van der Waals surface area contributed by atoms with Crippen molar-refractivity contribution in [2.75, 3.05) is 25.4 Å². The lowest BCUT2D eigenvalue weighted by Gasteiger charge is -2.16. The van der Waals surface area contributed by atoms with Gasteiger partial charge in [-0.15, -0.1) is 0 Å². The number of benzene rings is 1. The second-order valence-electron chi connectivity index (χ2n) is 4.90. The van der Waals surface area contributed by atoms with Gasteiger partial charge in [0.2, 0.25) is 10.0 Å². The second-order valence-corrected chi connectivity index (χ2v) is 6.99. The average Bonchev–Trinajstić information content (AvgIpc) is 2.87. The van der Waals surface area contributed by atoms with Crippen LogP contribution in [0.25, 0.3) is 0 Å². The number of carboxylic acid groups (broad SMARTS) is 1. The first-order chi connectivity index (χ1) is 10.3. The zero-order valence-electron chi connectivity index (χ0n) is 12.5. The molecule has 1 fully saturated rings. The Kier molecular flexibility index (Phi) is 7.30. The number of ether oxygens (including phenoxy) is 1. The Morgan fingerprint density at radius 1 is 1.41 bits per heavy atom. The van der Waals surface area contributed by atoms with Crippen LogP contribution in [0.15, 0.2) is 30.3 Å². The first-order valence-electron chi connectivity index (χ1n) is 6.92. The van der Waals surface area contributed by atoms with Crippen molar-refractivity contribution in [1.29, 1.82) is 0 Å². The SMILES string of the molecule is CC(=O)O.NC1CCN(S(=O)(=O)CCOc2ccccc2)C1. The van der Waals surface area contributed by atoms with Crippen molar-refractivity contribution < 1.29 is 23.1 Å². The van der Waals surface area contributed by atoms with Crippen LogP contribution in [0.1, 0.15) is 13.3 Å². The quantitative estimate of drug-likeness (QED) is 0.814. The molecule has 0 aliphatic carbocycles. The van der Waals surface area contributed by atoms with Gasteiger partial charge in [0, 0.05) is 26.1 Å². The zero-order valence-corrected chi connectivity index (χ0v) is 13.3. The number of aliphatic carboxylic acids is 1. The molecule has 8 heteroatoms. The van der Waals surface area contributed by atoms with Crippen molar-refractivity contribution in [3.8, 4) is 5.75 Å². The van der Waals surface area contributed by atoms with E-state index in [9.17, 15) is 8.42 Å². The van der Waals surface area contributed by atoms with Crippen LogP contribution in [-0.4, -0.2) is 55.3 Å². The predicted octanol–water partition coefficient (Wildman–Crippen LogP) is 0.519. The van der Waals surface area contributed by atoms with Crippen molar-refractivity contribution in [2.24, 2.45) is 5.73 Å². The number of hydrogen-bond donors (Lipinski definition) is 2. The van der Waals surface area contributed by atoms with Crippen molar-refractivity contribution in [3.63, 3.8) is 0 Å². The summed E-state index contributed by atoms with van der Waals surface area (Å²) in [6.45, 7) is 2.20. The van der Waals surface area contributed by atoms with Crippen LogP contribution in [0.4, 0.5) is 0 Å². The number of carbonyl (C=O) groups is 1. The Morgan fingerprint density at radius 2 is 2.00 bits per heavy atom. The van der Waals surface area contributed by atoms with E-state index in [4.69, 9.17) is 20.4 Å². The van der Waals surface area contributed by atoms with Gasteiger partial charge in [-0.05, 0) is 18.6 Å². The molecule has 0 spiro atoms. The van der Waals surface area contributed by atoms with Crippen molar-refractivity contribution in [3.05, 3.63) is 30.3 Å². The van der Waals surface area contributed by atoms with Crippen molar-refractivity contribution >= 4 is 16.0 Å². The van der Waals surface area contributed by atoms with Crippen LogP contribution in [0.3, 0.4) is 0 Å². The Balaban J connectivity index is 0.000000541. The summed E-state index contributed by atoms with van der Waals surface area (Å²) in [4.78, 5) is 9.00. The fourth-order valence-corrected chi connectivity index (χ4v) is 3.27. The minimum Gasteiger partial charge on any atom is -0.492 e. The van der Waals surface area contributed by atoms with Crippen molar-refractivity contribution in [1.82, 2.24) is 4.31 Å². The van der Waals surface area contributed by atoms with E-state index in [1.54, 1.807) is 12.1 Å². The van der Waals surface area contributed by atoms with Gasteiger partial charge in [-0.25, -0.2) is 12.7 Å². The van der Waals surface area contributed by atoms with E-state index < -0.39 is 16.0 Å². The fraction of sp³-hybridized carbons (Fsp3) is 0.500. The lowest BCUT2D eigenvalue weighted by atomic mass is 10.3. The average molecular weight is 330 g/mol. The molecular formula is C14H22N2O5S. The van der Waals surface area contributed by atoms with Crippen molar-refractivity contribution in [2.45, 2.75) is 19.4 Å². The molecule has 1 heterocycles.